The number of halogens is 2. The number of carboxylic acids is 1. The zero-order valence-corrected chi connectivity index (χ0v) is 23.9. The summed E-state index contributed by atoms with van der Waals surface area (Å²) in [7, 11) is 0. The molecule has 0 radical (unpaired) electrons. The molecule has 2 saturated heterocycles. The Labute approximate surface area is 238 Å². The van der Waals surface area contributed by atoms with Gasteiger partial charge in [0.1, 0.15) is 18.9 Å². The third-order valence-electron chi connectivity index (χ3n) is 5.43. The molecule has 2 aromatic carbocycles. The molecule has 0 unspecified atom stereocenters. The van der Waals surface area contributed by atoms with Gasteiger partial charge in [0, 0.05) is 13.1 Å². The molecule has 2 aromatic rings. The fourth-order valence-corrected chi connectivity index (χ4v) is 6.50. The summed E-state index contributed by atoms with van der Waals surface area (Å²) in [6.07, 6.45) is 1.64. The van der Waals surface area contributed by atoms with E-state index in [0.717, 1.165) is 34.9 Å². The number of carbonyl (C=O) groups is 4. The summed E-state index contributed by atoms with van der Waals surface area (Å²) in [5, 5.41) is 8.55. The number of aromatic carboxylic acids is 1. The maximum atomic E-state index is 12.9. The van der Waals surface area contributed by atoms with Gasteiger partial charge in [-0.1, -0.05) is 12.1 Å². The maximum absolute atomic E-state index is 12.9. The first-order chi connectivity index (χ1) is 17.2. The first kappa shape index (κ1) is 26.9. The number of carboxylic acid groups (broad SMARTS) is 1. The van der Waals surface area contributed by atoms with E-state index in [1.54, 1.807) is 23.1 Å². The molecule has 4 rings (SSSR count). The quantitative estimate of drug-likeness (QED) is 0.335. The summed E-state index contributed by atoms with van der Waals surface area (Å²) in [4.78, 5) is 51.6. The SMILES string of the molecule is O=C(O)c1ccc(COc2c(I)cc(/C=C3/SC(=O)N(CC(=O)N4CCOCC4)C3=O)cc2I)cc1. The van der Waals surface area contributed by atoms with E-state index < -0.39 is 17.1 Å². The molecule has 0 aliphatic carbocycles. The van der Waals surface area contributed by atoms with E-state index in [1.807, 2.05) is 12.1 Å². The molecule has 1 N–H and O–H groups in total. The monoisotopic (exact) mass is 734 g/mol. The van der Waals surface area contributed by atoms with Crippen LogP contribution in [0.1, 0.15) is 21.5 Å². The van der Waals surface area contributed by atoms with Gasteiger partial charge in [-0.25, -0.2) is 4.79 Å². The van der Waals surface area contributed by atoms with E-state index >= 15 is 0 Å². The van der Waals surface area contributed by atoms with Crippen LogP contribution in [0, 0.1) is 7.14 Å². The van der Waals surface area contributed by atoms with Gasteiger partial charge in [0.05, 0.1) is 30.8 Å². The number of hydrogen-bond acceptors (Lipinski definition) is 7. The molecule has 2 fully saturated rings. The predicted octanol–water partition coefficient (Wildman–Crippen LogP) is 4.07. The van der Waals surface area contributed by atoms with Crippen molar-refractivity contribution in [1.82, 2.24) is 9.80 Å². The number of ether oxygens (including phenoxy) is 2. The number of morpholine rings is 1. The summed E-state index contributed by atoms with van der Waals surface area (Å²) < 4.78 is 12.8. The molecule has 2 heterocycles. The number of nitrogens with zero attached hydrogens (tertiary/aromatic N) is 2. The van der Waals surface area contributed by atoms with Crippen LogP contribution in [-0.2, 0) is 20.9 Å². The zero-order chi connectivity index (χ0) is 25.8. The Bertz CT molecular complexity index is 1220. The standard InChI is InChI=1S/C24H20I2N2O7S/c25-17-9-15(10-18(26)21(17)35-13-14-1-3-16(4-2-14)23(31)32)11-19-22(30)28(24(33)36-19)12-20(29)27-5-7-34-8-6-27/h1-4,9-11H,5-8,12-13H2,(H,31,32)/b19-11+. The minimum absolute atomic E-state index is 0.210. The molecule has 12 heteroatoms. The second kappa shape index (κ2) is 11.9. The number of hydrogen-bond donors (Lipinski definition) is 1. The molecule has 188 valence electrons. The summed E-state index contributed by atoms with van der Waals surface area (Å²) in [6, 6.07) is 10.2. The molecule has 0 spiro atoms. The van der Waals surface area contributed by atoms with E-state index in [4.69, 9.17) is 14.6 Å². The first-order valence-electron chi connectivity index (χ1n) is 10.8. The Hall–Kier alpha value is -2.17. The number of imide groups is 1. The van der Waals surface area contributed by atoms with Gasteiger partial charge in [-0.2, -0.15) is 0 Å². The zero-order valence-electron chi connectivity index (χ0n) is 18.7. The number of carbonyl (C=O) groups excluding carboxylic acids is 3. The highest BCUT2D eigenvalue weighted by molar-refractivity contribution is 14.1. The number of amides is 3. The van der Waals surface area contributed by atoms with Crippen LogP contribution in [0.15, 0.2) is 41.3 Å². The van der Waals surface area contributed by atoms with Crippen LogP contribution < -0.4 is 4.74 Å². The van der Waals surface area contributed by atoms with Crippen molar-refractivity contribution >= 4 is 86.0 Å². The molecular formula is C24H20I2N2O7S. The topological polar surface area (TPSA) is 113 Å². The van der Waals surface area contributed by atoms with E-state index in [-0.39, 0.29) is 29.5 Å². The molecule has 9 nitrogen and oxygen atoms in total. The van der Waals surface area contributed by atoms with Crippen molar-refractivity contribution in [1.29, 1.82) is 0 Å². The normalized spacial score (nSPS) is 17.1. The van der Waals surface area contributed by atoms with Crippen LogP contribution in [0.2, 0.25) is 0 Å². The fraction of sp³-hybridized carbons (Fsp3) is 0.250. The molecular weight excluding hydrogens is 714 g/mol. The van der Waals surface area contributed by atoms with Crippen molar-refractivity contribution in [3.63, 3.8) is 0 Å². The van der Waals surface area contributed by atoms with Crippen molar-refractivity contribution in [3.05, 3.63) is 65.1 Å². The second-order valence-electron chi connectivity index (χ2n) is 7.87. The van der Waals surface area contributed by atoms with Crippen LogP contribution in [0.5, 0.6) is 5.75 Å². The van der Waals surface area contributed by atoms with Crippen LogP contribution in [0.3, 0.4) is 0 Å². The van der Waals surface area contributed by atoms with Crippen molar-refractivity contribution < 1.29 is 33.8 Å². The van der Waals surface area contributed by atoms with Gasteiger partial charge >= 0.3 is 5.97 Å². The minimum atomic E-state index is -0.983. The van der Waals surface area contributed by atoms with Crippen LogP contribution >= 0.6 is 56.9 Å². The highest BCUT2D eigenvalue weighted by Gasteiger charge is 2.37. The Kier molecular flexibility index (Phi) is 8.90. The van der Waals surface area contributed by atoms with E-state index in [9.17, 15) is 19.2 Å². The average Bonchev–Trinajstić information content (AvgIpc) is 3.11. The molecule has 0 aromatic heterocycles. The molecule has 0 atom stereocenters. The summed E-state index contributed by atoms with van der Waals surface area (Å²) >= 11 is 5.10. The average molecular weight is 734 g/mol. The molecule has 0 saturated carbocycles. The highest BCUT2D eigenvalue weighted by Crippen LogP contribution is 2.35. The molecule has 36 heavy (non-hydrogen) atoms. The highest BCUT2D eigenvalue weighted by atomic mass is 127. The van der Waals surface area contributed by atoms with Crippen molar-refractivity contribution in [2.24, 2.45) is 0 Å². The van der Waals surface area contributed by atoms with E-state index in [1.165, 1.54) is 12.1 Å². The van der Waals surface area contributed by atoms with Crippen LogP contribution in [0.4, 0.5) is 4.79 Å². The predicted molar refractivity (Wildman–Crippen MR) is 150 cm³/mol. The van der Waals surface area contributed by atoms with Crippen molar-refractivity contribution in [2.45, 2.75) is 6.61 Å². The van der Waals surface area contributed by atoms with Crippen LogP contribution in [-0.4, -0.2) is 70.8 Å². The van der Waals surface area contributed by atoms with Crippen molar-refractivity contribution in [2.75, 3.05) is 32.8 Å². The van der Waals surface area contributed by atoms with E-state index in [0.29, 0.717) is 32.1 Å². The maximum Gasteiger partial charge on any atom is 0.335 e. The second-order valence-corrected chi connectivity index (χ2v) is 11.2. The van der Waals surface area contributed by atoms with Gasteiger partial charge in [-0.3, -0.25) is 19.3 Å². The van der Waals surface area contributed by atoms with Gasteiger partial charge in [-0.05, 0) is 98.4 Å². The smallest absolute Gasteiger partial charge is 0.335 e. The van der Waals surface area contributed by atoms with Crippen molar-refractivity contribution in [3.8, 4) is 5.75 Å². The summed E-state index contributed by atoms with van der Waals surface area (Å²) in [5.41, 5.74) is 1.77. The third-order valence-corrected chi connectivity index (χ3v) is 7.94. The largest absolute Gasteiger partial charge is 0.487 e. The lowest BCUT2D eigenvalue weighted by Gasteiger charge is -2.28. The van der Waals surface area contributed by atoms with Crippen LogP contribution in [0.25, 0.3) is 6.08 Å². The van der Waals surface area contributed by atoms with Gasteiger partial charge in [0.25, 0.3) is 11.1 Å². The molecule has 2 aliphatic rings. The van der Waals surface area contributed by atoms with Gasteiger partial charge < -0.3 is 19.5 Å². The fourth-order valence-electron chi connectivity index (χ4n) is 3.54. The number of benzene rings is 2. The lowest BCUT2D eigenvalue weighted by atomic mass is 10.1. The Morgan fingerprint density at radius 2 is 1.72 bits per heavy atom. The lowest BCUT2D eigenvalue weighted by Crippen LogP contribution is -2.46. The molecule has 0 bridgehead atoms. The Morgan fingerprint density at radius 3 is 2.33 bits per heavy atom. The summed E-state index contributed by atoms with van der Waals surface area (Å²) in [6.45, 7) is 1.77. The van der Waals surface area contributed by atoms with E-state index in [2.05, 4.69) is 45.2 Å². The number of thioether (sulfide) groups is 1. The summed E-state index contributed by atoms with van der Waals surface area (Å²) in [5.74, 6) is -1.07. The lowest BCUT2D eigenvalue weighted by molar-refractivity contribution is -0.139. The van der Waals surface area contributed by atoms with Gasteiger partial charge in [-0.15, -0.1) is 0 Å². The Morgan fingerprint density at radius 1 is 1.08 bits per heavy atom. The molecule has 2 aliphatic heterocycles. The Balaban J connectivity index is 1.43. The van der Waals surface area contributed by atoms with Gasteiger partial charge in [0.15, 0.2) is 0 Å². The molecule has 3 amide bonds. The van der Waals surface area contributed by atoms with Gasteiger partial charge in [0.2, 0.25) is 5.91 Å². The number of rotatable bonds is 7. The first-order valence-corrected chi connectivity index (χ1v) is 13.8. The third kappa shape index (κ3) is 6.39. The minimum Gasteiger partial charge on any atom is -0.487 e.